The fourth-order valence-corrected chi connectivity index (χ4v) is 4.55. The number of allylic oxidation sites excluding steroid dienone is 2. The van der Waals surface area contributed by atoms with E-state index in [1.165, 1.54) is 18.7 Å². The van der Waals surface area contributed by atoms with Crippen molar-refractivity contribution in [3.05, 3.63) is 88.6 Å². The zero-order chi connectivity index (χ0) is 20.6. The van der Waals surface area contributed by atoms with Gasteiger partial charge < -0.3 is 14.7 Å². The summed E-state index contributed by atoms with van der Waals surface area (Å²) in [4.78, 5) is 28.1. The average Bonchev–Trinajstić information content (AvgIpc) is 2.77. The first-order valence-electron chi connectivity index (χ1n) is 9.73. The van der Waals surface area contributed by atoms with E-state index in [9.17, 15) is 14.7 Å². The van der Waals surface area contributed by atoms with Gasteiger partial charge in [0, 0.05) is 18.3 Å². The van der Waals surface area contributed by atoms with Crippen molar-refractivity contribution >= 4 is 11.8 Å². The molecule has 1 atom stereocenters. The molecule has 4 rings (SSSR count). The van der Waals surface area contributed by atoms with E-state index >= 15 is 0 Å². The lowest BCUT2D eigenvalue weighted by Crippen LogP contribution is -2.52. The van der Waals surface area contributed by atoms with Crippen LogP contribution >= 0.6 is 0 Å². The van der Waals surface area contributed by atoms with Crippen molar-refractivity contribution in [2.45, 2.75) is 25.3 Å². The van der Waals surface area contributed by atoms with Gasteiger partial charge in [-0.3, -0.25) is 4.79 Å². The maximum Gasteiger partial charge on any atom is 0.336 e. The Bertz CT molecular complexity index is 1050. The third-order valence-corrected chi connectivity index (χ3v) is 5.94. The minimum atomic E-state index is -0.676. The van der Waals surface area contributed by atoms with E-state index in [0.717, 1.165) is 12.0 Å². The highest BCUT2D eigenvalue weighted by Crippen LogP contribution is 2.47. The van der Waals surface area contributed by atoms with E-state index in [2.05, 4.69) is 11.0 Å². The summed E-state index contributed by atoms with van der Waals surface area (Å²) in [5.41, 5.74) is 2.59. The van der Waals surface area contributed by atoms with Gasteiger partial charge in [-0.05, 0) is 42.2 Å². The summed E-state index contributed by atoms with van der Waals surface area (Å²) < 4.78 is 5.12. The largest absolute Gasteiger partial charge is 0.507 e. The predicted octanol–water partition coefficient (Wildman–Crippen LogP) is 3.74. The van der Waals surface area contributed by atoms with Gasteiger partial charge in [-0.1, -0.05) is 43.3 Å². The number of Topliss-reactive ketones (excluding diaryl/α,β-unsaturated/α-hetero) is 1. The quantitative estimate of drug-likeness (QED) is 0.637. The number of phenols is 1. The Kier molecular flexibility index (Phi) is 4.74. The molecular weight excluding hydrogens is 366 g/mol. The third-order valence-electron chi connectivity index (χ3n) is 5.94. The van der Waals surface area contributed by atoms with Crippen LogP contribution in [0.4, 0.5) is 0 Å². The molecule has 0 spiro atoms. The Morgan fingerprint density at radius 3 is 2.59 bits per heavy atom. The number of hydrogen-bond donors (Lipinski definition) is 1. The van der Waals surface area contributed by atoms with Crippen molar-refractivity contribution in [2.24, 2.45) is 0 Å². The van der Waals surface area contributed by atoms with Crippen LogP contribution in [0.3, 0.4) is 0 Å². The smallest absolute Gasteiger partial charge is 0.336 e. The highest BCUT2D eigenvalue weighted by molar-refractivity contribution is 6.13. The summed E-state index contributed by atoms with van der Waals surface area (Å²) in [6, 6.07) is 14.5. The summed E-state index contributed by atoms with van der Waals surface area (Å²) in [6.45, 7) is 2.71. The topological polar surface area (TPSA) is 66.8 Å². The van der Waals surface area contributed by atoms with Gasteiger partial charge in [-0.25, -0.2) is 4.79 Å². The number of nitrogens with zero attached hydrogens (tertiary/aromatic N) is 1. The zero-order valence-electron chi connectivity index (χ0n) is 16.5. The van der Waals surface area contributed by atoms with Crippen LogP contribution < -0.4 is 0 Å². The van der Waals surface area contributed by atoms with Crippen LogP contribution in [0.2, 0.25) is 0 Å². The van der Waals surface area contributed by atoms with Crippen LogP contribution in [0.1, 0.15) is 34.8 Å². The molecule has 5 nitrogen and oxygen atoms in total. The Balaban J connectivity index is 1.89. The Labute approximate surface area is 169 Å². The summed E-state index contributed by atoms with van der Waals surface area (Å²) in [5.74, 6) is -0.861. The number of esters is 1. The van der Waals surface area contributed by atoms with Crippen molar-refractivity contribution in [1.82, 2.24) is 4.90 Å². The summed E-state index contributed by atoms with van der Waals surface area (Å²) in [7, 11) is 1.36. The molecule has 2 aliphatic rings. The normalized spacial score (nSPS) is 20.1. The molecule has 1 N–H and O–H groups in total. The number of para-hydroxylation sites is 1. The van der Waals surface area contributed by atoms with Gasteiger partial charge in [-0.15, -0.1) is 0 Å². The van der Waals surface area contributed by atoms with Crippen LogP contribution in [-0.4, -0.2) is 35.4 Å². The van der Waals surface area contributed by atoms with Crippen molar-refractivity contribution in [1.29, 1.82) is 0 Å². The number of carbonyl (C=O) groups excluding carboxylic acids is 2. The van der Waals surface area contributed by atoms with E-state index < -0.39 is 11.5 Å². The molecule has 0 saturated heterocycles. The first kappa shape index (κ1) is 19.0. The molecule has 148 valence electrons. The molecule has 2 aromatic rings. The number of hydrogen-bond acceptors (Lipinski definition) is 5. The molecule has 1 unspecified atom stereocenters. The second-order valence-corrected chi connectivity index (χ2v) is 7.29. The van der Waals surface area contributed by atoms with Gasteiger partial charge in [0.15, 0.2) is 5.78 Å². The summed E-state index contributed by atoms with van der Waals surface area (Å²) in [5, 5.41) is 10.1. The molecule has 0 radical (unpaired) electrons. The first-order valence-corrected chi connectivity index (χ1v) is 9.73. The number of ether oxygens (including phenoxy) is 1. The summed E-state index contributed by atoms with van der Waals surface area (Å²) >= 11 is 0. The first-order chi connectivity index (χ1) is 14.0. The van der Waals surface area contributed by atoms with Gasteiger partial charge in [0.2, 0.25) is 0 Å². The minimum Gasteiger partial charge on any atom is -0.507 e. The molecule has 0 aromatic heterocycles. The number of benzene rings is 2. The van der Waals surface area contributed by atoms with Crippen LogP contribution in [0.25, 0.3) is 0 Å². The molecule has 2 heterocycles. The van der Waals surface area contributed by atoms with Gasteiger partial charge in [-0.2, -0.15) is 0 Å². The van der Waals surface area contributed by atoms with Gasteiger partial charge >= 0.3 is 5.97 Å². The van der Waals surface area contributed by atoms with E-state index in [-0.39, 0.29) is 17.1 Å². The van der Waals surface area contributed by atoms with E-state index in [4.69, 9.17) is 4.74 Å². The SMILES string of the molecule is CCC12C(C(=O)OC)=CC(C(=O)c3ccccc3O)=CN1CCc1ccccc12. The van der Waals surface area contributed by atoms with Gasteiger partial charge in [0.1, 0.15) is 5.75 Å². The number of ketones is 1. The minimum absolute atomic E-state index is 0.0808. The number of fused-ring (bicyclic) bond motifs is 3. The fraction of sp³-hybridized carbons (Fsp3) is 0.250. The molecular formula is C24H23NO4. The predicted molar refractivity (Wildman–Crippen MR) is 109 cm³/mol. The van der Waals surface area contributed by atoms with Crippen LogP contribution in [0, 0.1) is 0 Å². The summed E-state index contributed by atoms with van der Waals surface area (Å²) in [6.07, 6.45) is 4.92. The molecule has 2 aliphatic heterocycles. The monoisotopic (exact) mass is 389 g/mol. The zero-order valence-corrected chi connectivity index (χ0v) is 16.5. The Morgan fingerprint density at radius 1 is 1.14 bits per heavy atom. The Hall–Kier alpha value is -3.34. The molecule has 0 fully saturated rings. The fourth-order valence-electron chi connectivity index (χ4n) is 4.55. The lowest BCUT2D eigenvalue weighted by molar-refractivity contribution is -0.138. The number of phenolic OH excluding ortho intramolecular Hbond substituents is 1. The molecule has 0 aliphatic carbocycles. The standard InChI is InChI=1S/C24H23NO4/c1-3-24-19-10-6-4-8-16(19)12-13-25(24)15-17(14-20(24)23(28)29-2)22(27)18-9-5-7-11-21(18)26/h4-11,14-15,26H,3,12-13H2,1-2H3. The molecule has 0 amide bonds. The van der Waals surface area contributed by atoms with E-state index in [0.29, 0.717) is 24.1 Å². The van der Waals surface area contributed by atoms with Crippen LogP contribution in [0.5, 0.6) is 5.75 Å². The average molecular weight is 389 g/mol. The number of aromatic hydroxyl groups is 1. The Morgan fingerprint density at radius 2 is 1.86 bits per heavy atom. The number of methoxy groups -OCH3 is 1. The third kappa shape index (κ3) is 2.85. The maximum atomic E-state index is 13.1. The lowest BCUT2D eigenvalue weighted by atomic mass is 9.71. The number of carbonyl (C=O) groups is 2. The van der Waals surface area contributed by atoms with Gasteiger partial charge in [0.05, 0.1) is 23.8 Å². The molecule has 0 bridgehead atoms. The lowest BCUT2D eigenvalue weighted by Gasteiger charge is -2.50. The van der Waals surface area contributed by atoms with Crippen LogP contribution in [0.15, 0.2) is 72.0 Å². The van der Waals surface area contributed by atoms with Crippen molar-refractivity contribution < 1.29 is 19.4 Å². The van der Waals surface area contributed by atoms with Crippen molar-refractivity contribution in [2.75, 3.05) is 13.7 Å². The molecule has 0 saturated carbocycles. The van der Waals surface area contributed by atoms with E-state index in [1.807, 2.05) is 31.3 Å². The maximum absolute atomic E-state index is 13.1. The van der Waals surface area contributed by atoms with E-state index in [1.54, 1.807) is 24.3 Å². The highest BCUT2D eigenvalue weighted by Gasteiger charge is 2.48. The van der Waals surface area contributed by atoms with Crippen LogP contribution in [-0.2, 0) is 21.5 Å². The second kappa shape index (κ2) is 7.24. The number of rotatable bonds is 4. The molecule has 29 heavy (non-hydrogen) atoms. The van der Waals surface area contributed by atoms with Crippen molar-refractivity contribution in [3.8, 4) is 5.75 Å². The van der Waals surface area contributed by atoms with Gasteiger partial charge in [0.25, 0.3) is 0 Å². The molecule has 2 aromatic carbocycles. The molecule has 5 heteroatoms. The highest BCUT2D eigenvalue weighted by atomic mass is 16.5. The van der Waals surface area contributed by atoms with Crippen molar-refractivity contribution in [3.63, 3.8) is 0 Å². The second-order valence-electron chi connectivity index (χ2n) is 7.29.